The normalized spacial score (nSPS) is 11.2. The molecule has 0 amide bonds. The second-order valence-corrected chi connectivity index (χ2v) is 5.79. The van der Waals surface area contributed by atoms with E-state index in [-0.39, 0.29) is 0 Å². The number of nitrogens with two attached hydrogens (primary N) is 1. The molecule has 0 unspecified atom stereocenters. The first-order valence-corrected chi connectivity index (χ1v) is 7.58. The molecule has 3 aromatic rings. The summed E-state index contributed by atoms with van der Waals surface area (Å²) in [5.74, 6) is 0.423. The highest BCUT2D eigenvalue weighted by Crippen LogP contribution is 2.30. The number of halogens is 2. The van der Waals surface area contributed by atoms with Crippen molar-refractivity contribution in [1.82, 2.24) is 9.55 Å². The molecule has 0 saturated carbocycles. The van der Waals surface area contributed by atoms with Crippen LogP contribution >= 0.6 is 23.2 Å². The van der Waals surface area contributed by atoms with Gasteiger partial charge in [-0.1, -0.05) is 48.7 Å². The Morgan fingerprint density at radius 2 is 1.76 bits per heavy atom. The number of aromatic nitrogens is 2. The highest BCUT2D eigenvalue weighted by Gasteiger charge is 2.12. The van der Waals surface area contributed by atoms with Gasteiger partial charge >= 0.3 is 0 Å². The fraction of sp³-hybridized carbons (Fsp3) is 0.188. The van der Waals surface area contributed by atoms with Crippen LogP contribution in [-0.4, -0.2) is 9.55 Å². The number of nitrogen functional groups attached to an aromatic ring is 1. The second kappa shape index (κ2) is 5.58. The number of anilines is 1. The summed E-state index contributed by atoms with van der Waals surface area (Å²) in [6, 6.07) is 11.8. The molecule has 5 heteroatoms. The Morgan fingerprint density at radius 3 is 2.43 bits per heavy atom. The largest absolute Gasteiger partial charge is 0.369 e. The van der Waals surface area contributed by atoms with Gasteiger partial charge in [0.1, 0.15) is 0 Å². The first-order chi connectivity index (χ1) is 10.1. The van der Waals surface area contributed by atoms with E-state index in [1.54, 1.807) is 12.1 Å². The van der Waals surface area contributed by atoms with Crippen LogP contribution in [0.1, 0.15) is 18.9 Å². The Hall–Kier alpha value is -1.71. The van der Waals surface area contributed by atoms with Crippen LogP contribution in [0.3, 0.4) is 0 Å². The van der Waals surface area contributed by atoms with Crippen molar-refractivity contribution in [2.45, 2.75) is 19.8 Å². The van der Waals surface area contributed by atoms with E-state index in [2.05, 4.69) is 24.0 Å². The molecule has 1 heterocycles. The number of nitrogens with zero attached hydrogens (tertiary/aromatic N) is 2. The molecule has 2 N–H and O–H groups in total. The molecular weight excluding hydrogens is 305 g/mol. The Balaban J connectivity index is 2.15. The van der Waals surface area contributed by atoms with Crippen molar-refractivity contribution in [3.05, 3.63) is 52.0 Å². The summed E-state index contributed by atoms with van der Waals surface area (Å²) < 4.78 is 1.88. The van der Waals surface area contributed by atoms with Gasteiger partial charge in [-0.3, -0.25) is 4.57 Å². The smallest absolute Gasteiger partial charge is 0.205 e. The Bertz CT molecular complexity index is 791. The summed E-state index contributed by atoms with van der Waals surface area (Å²) in [6.45, 7) is 2.17. The Morgan fingerprint density at radius 1 is 1.10 bits per heavy atom. The quantitative estimate of drug-likeness (QED) is 0.748. The summed E-state index contributed by atoms with van der Waals surface area (Å²) in [5, 5.41) is 0.972. The molecule has 0 spiro atoms. The highest BCUT2D eigenvalue weighted by atomic mass is 35.5. The molecule has 0 aliphatic rings. The molecule has 0 atom stereocenters. The van der Waals surface area contributed by atoms with Gasteiger partial charge in [-0.05, 0) is 36.2 Å². The molecule has 0 aliphatic carbocycles. The third kappa shape index (κ3) is 2.59. The lowest BCUT2D eigenvalue weighted by Crippen LogP contribution is -2.00. The lowest BCUT2D eigenvalue weighted by atomic mass is 10.1. The van der Waals surface area contributed by atoms with Gasteiger partial charge < -0.3 is 5.73 Å². The van der Waals surface area contributed by atoms with Crippen LogP contribution in [0.15, 0.2) is 36.4 Å². The van der Waals surface area contributed by atoms with Crippen LogP contribution < -0.4 is 5.73 Å². The maximum absolute atomic E-state index is 6.11. The maximum Gasteiger partial charge on any atom is 0.205 e. The molecule has 0 fully saturated rings. The van der Waals surface area contributed by atoms with Gasteiger partial charge in [-0.15, -0.1) is 0 Å². The van der Waals surface area contributed by atoms with E-state index in [1.807, 2.05) is 16.7 Å². The van der Waals surface area contributed by atoms with E-state index in [9.17, 15) is 0 Å². The number of hydrogen-bond donors (Lipinski definition) is 1. The van der Waals surface area contributed by atoms with E-state index in [4.69, 9.17) is 28.9 Å². The molecule has 0 saturated heterocycles. The van der Waals surface area contributed by atoms with Crippen molar-refractivity contribution in [2.75, 3.05) is 5.73 Å². The average Bonchev–Trinajstić information content (AvgIpc) is 2.76. The first-order valence-electron chi connectivity index (χ1n) is 6.82. The van der Waals surface area contributed by atoms with Gasteiger partial charge in [-0.2, -0.15) is 0 Å². The summed E-state index contributed by atoms with van der Waals surface area (Å²) in [5.41, 5.74) is 9.91. The van der Waals surface area contributed by atoms with Crippen molar-refractivity contribution in [3.63, 3.8) is 0 Å². The fourth-order valence-electron chi connectivity index (χ4n) is 2.46. The molecule has 21 heavy (non-hydrogen) atoms. The summed E-state index contributed by atoms with van der Waals surface area (Å²) in [4.78, 5) is 4.35. The van der Waals surface area contributed by atoms with Crippen molar-refractivity contribution in [1.29, 1.82) is 0 Å². The van der Waals surface area contributed by atoms with Crippen molar-refractivity contribution in [2.24, 2.45) is 0 Å². The Labute approximate surface area is 133 Å². The van der Waals surface area contributed by atoms with Crippen molar-refractivity contribution < 1.29 is 0 Å². The minimum absolute atomic E-state index is 0.423. The van der Waals surface area contributed by atoms with Crippen molar-refractivity contribution >= 4 is 40.2 Å². The highest BCUT2D eigenvalue weighted by molar-refractivity contribution is 6.42. The minimum atomic E-state index is 0.423. The molecule has 2 aromatic carbocycles. The number of imidazole rings is 1. The van der Waals surface area contributed by atoms with Gasteiger partial charge in [0, 0.05) is 5.69 Å². The van der Waals surface area contributed by atoms with Gasteiger partial charge in [0.15, 0.2) is 0 Å². The minimum Gasteiger partial charge on any atom is -0.369 e. The zero-order valence-corrected chi connectivity index (χ0v) is 13.1. The predicted molar refractivity (Wildman–Crippen MR) is 89.5 cm³/mol. The lowest BCUT2D eigenvalue weighted by molar-refractivity contribution is 0.920. The second-order valence-electron chi connectivity index (χ2n) is 4.98. The summed E-state index contributed by atoms with van der Waals surface area (Å²) in [7, 11) is 0. The maximum atomic E-state index is 6.11. The number of rotatable bonds is 3. The summed E-state index contributed by atoms with van der Waals surface area (Å²) >= 11 is 12.1. The topological polar surface area (TPSA) is 43.8 Å². The van der Waals surface area contributed by atoms with Gasteiger partial charge in [0.25, 0.3) is 0 Å². The first kappa shape index (κ1) is 14.2. The standard InChI is InChI=1S/C16H15Cl2N3/c1-2-3-10-4-6-11(7-5-10)21-15-9-13(18)12(17)8-14(15)20-16(21)19/h4-9H,2-3H2,1H3,(H2,19,20). The SMILES string of the molecule is CCCc1ccc(-n2c(N)nc3cc(Cl)c(Cl)cc32)cc1. The van der Waals surface area contributed by atoms with Crippen LogP contribution in [0.25, 0.3) is 16.7 Å². The van der Waals surface area contributed by atoms with Gasteiger partial charge in [0.2, 0.25) is 5.95 Å². The third-order valence-corrected chi connectivity index (χ3v) is 4.18. The molecule has 3 rings (SSSR count). The van der Waals surface area contributed by atoms with E-state index >= 15 is 0 Å². The Kier molecular flexibility index (Phi) is 3.79. The van der Waals surface area contributed by atoms with Crippen LogP contribution in [0.2, 0.25) is 10.0 Å². The number of hydrogen-bond acceptors (Lipinski definition) is 2. The van der Waals surface area contributed by atoms with Gasteiger partial charge in [-0.25, -0.2) is 4.98 Å². The molecule has 3 nitrogen and oxygen atoms in total. The van der Waals surface area contributed by atoms with Crippen molar-refractivity contribution in [3.8, 4) is 5.69 Å². The average molecular weight is 320 g/mol. The van der Waals surface area contributed by atoms with Crippen LogP contribution in [0, 0.1) is 0 Å². The van der Waals surface area contributed by atoms with E-state index < -0.39 is 0 Å². The zero-order valence-electron chi connectivity index (χ0n) is 11.6. The summed E-state index contributed by atoms with van der Waals surface area (Å²) in [6.07, 6.45) is 2.20. The van der Waals surface area contributed by atoms with Gasteiger partial charge in [0.05, 0.1) is 21.1 Å². The molecule has 1 aromatic heterocycles. The van der Waals surface area contributed by atoms with E-state index in [1.165, 1.54) is 5.56 Å². The van der Waals surface area contributed by atoms with Crippen LogP contribution in [0.5, 0.6) is 0 Å². The zero-order chi connectivity index (χ0) is 15.0. The molecule has 0 aliphatic heterocycles. The lowest BCUT2D eigenvalue weighted by Gasteiger charge is -2.08. The number of aryl methyl sites for hydroxylation is 1. The van der Waals surface area contributed by atoms with E-state index in [0.717, 1.165) is 29.6 Å². The molecule has 0 bridgehead atoms. The monoisotopic (exact) mass is 319 g/mol. The molecule has 108 valence electrons. The molecule has 0 radical (unpaired) electrons. The van der Waals surface area contributed by atoms with Crippen LogP contribution in [-0.2, 0) is 6.42 Å². The number of benzene rings is 2. The number of fused-ring (bicyclic) bond motifs is 1. The van der Waals surface area contributed by atoms with E-state index in [0.29, 0.717) is 16.0 Å². The predicted octanol–water partition coefficient (Wildman–Crippen LogP) is 4.87. The third-order valence-electron chi connectivity index (χ3n) is 3.46. The fourth-order valence-corrected chi connectivity index (χ4v) is 2.78. The van der Waals surface area contributed by atoms with Crippen LogP contribution in [0.4, 0.5) is 5.95 Å². The molecular formula is C16H15Cl2N3.